The molecule has 4 nitrogen and oxygen atoms in total. The van der Waals surface area contributed by atoms with E-state index in [0.717, 1.165) is 39.8 Å². The number of benzene rings is 18. The van der Waals surface area contributed by atoms with Gasteiger partial charge in [0, 0.05) is 67.0 Å². The monoisotopic (exact) mass is 1430 g/mol. The van der Waals surface area contributed by atoms with E-state index in [-0.39, 0.29) is 0 Å². The smallest absolute Gasteiger partial charge is 0.0547 e. The van der Waals surface area contributed by atoms with Crippen LogP contribution in [0.4, 0.5) is 34.1 Å². The van der Waals surface area contributed by atoms with Crippen molar-refractivity contribution in [3.8, 4) is 100 Å². The third kappa shape index (κ3) is 13.6. The van der Waals surface area contributed by atoms with Crippen molar-refractivity contribution in [2.24, 2.45) is 0 Å². The van der Waals surface area contributed by atoms with E-state index in [9.17, 15) is 0 Å². The van der Waals surface area contributed by atoms with Crippen LogP contribution in [-0.2, 0) is 0 Å². The summed E-state index contributed by atoms with van der Waals surface area (Å²) in [6, 6.07) is 166. The van der Waals surface area contributed by atoms with Crippen LogP contribution >= 0.6 is 0 Å². The molecule has 0 radical (unpaired) electrons. The Bertz CT molecular complexity index is 6530. The largest absolute Gasteiger partial charge is 0.311 e. The van der Waals surface area contributed by atoms with Crippen molar-refractivity contribution in [2.45, 2.75) is 0 Å². The standard InChI is InChI=1S/2C54H38N2/c1-5-15-39(16-6-1)44-35-45(40-17-7-2-8-18-40)37-46(36-44)42-27-32-50(33-28-42)55(47-19-9-3-10-20-47)49-30-25-41(26-31-49)43-29-34-54-52(38-43)51-23-13-14-24-53(51)56(54)48-21-11-4-12-22-48;1-5-15-39(16-6-1)44-35-45(40-17-7-2-8-18-40)37-46(36-44)42-27-32-50(33-28-42)55(47-19-9-3-10-20-47)49-30-25-41(26-31-49)43-29-34-52-51-23-13-14-24-53(51)56(54(52)38-43)48-21-11-4-12-22-48/h2*1-38H. The SMILES string of the molecule is c1ccc(-c2cc(-c3ccccc3)cc(-c3ccc(N(c4ccccc4)c4ccc(-c5ccc6c(c5)c5ccccc5n6-c5ccccc5)cc4)cc3)c2)cc1.c1ccc(-c2cc(-c3ccccc3)cc(-c3ccc(N(c4ccccc4)c4ccc(-c5ccc6c7ccccc7n(-c7ccccc7)c6c5)cc4)cc3)c2)cc1. The molecule has 0 saturated carbocycles. The van der Waals surface area contributed by atoms with Gasteiger partial charge in [-0.25, -0.2) is 0 Å². The highest BCUT2D eigenvalue weighted by molar-refractivity contribution is 6.12. The Morgan fingerprint density at radius 2 is 0.348 bits per heavy atom. The van der Waals surface area contributed by atoms with Gasteiger partial charge in [0.2, 0.25) is 0 Å². The van der Waals surface area contributed by atoms with Gasteiger partial charge in [0.1, 0.15) is 0 Å². The highest BCUT2D eigenvalue weighted by Crippen LogP contribution is 2.44. The number of rotatable bonds is 16. The molecular formula is C108H76N4. The van der Waals surface area contributed by atoms with Crippen molar-refractivity contribution in [3.05, 3.63) is 461 Å². The van der Waals surface area contributed by atoms with E-state index in [1.807, 2.05) is 0 Å². The lowest BCUT2D eigenvalue weighted by molar-refractivity contribution is 1.18. The van der Waals surface area contributed by atoms with Crippen LogP contribution in [0.1, 0.15) is 0 Å². The van der Waals surface area contributed by atoms with Crippen LogP contribution in [0.5, 0.6) is 0 Å². The topological polar surface area (TPSA) is 16.3 Å². The van der Waals surface area contributed by atoms with E-state index in [4.69, 9.17) is 0 Å². The minimum atomic E-state index is 1.10. The molecule has 0 aliphatic carbocycles. The van der Waals surface area contributed by atoms with E-state index in [1.54, 1.807) is 0 Å². The summed E-state index contributed by atoms with van der Waals surface area (Å²) >= 11 is 0. The molecule has 4 heteroatoms. The summed E-state index contributed by atoms with van der Waals surface area (Å²) in [6.07, 6.45) is 0. The second-order valence-corrected chi connectivity index (χ2v) is 28.4. The molecule has 20 rings (SSSR count). The van der Waals surface area contributed by atoms with Crippen molar-refractivity contribution >= 4 is 77.7 Å². The van der Waals surface area contributed by atoms with Gasteiger partial charge in [-0.15, -0.1) is 0 Å². The molecule has 528 valence electrons. The summed E-state index contributed by atoms with van der Waals surface area (Å²) in [5.41, 5.74) is 32.9. The van der Waals surface area contributed by atoms with Gasteiger partial charge in [-0.1, -0.05) is 297 Å². The van der Waals surface area contributed by atoms with Gasteiger partial charge in [0.25, 0.3) is 0 Å². The number of fused-ring (bicyclic) bond motifs is 6. The molecule has 0 aliphatic rings. The Labute approximate surface area is 653 Å². The third-order valence-corrected chi connectivity index (χ3v) is 21.5. The molecule has 112 heavy (non-hydrogen) atoms. The zero-order chi connectivity index (χ0) is 74.5. The highest BCUT2D eigenvalue weighted by Gasteiger charge is 2.20. The minimum Gasteiger partial charge on any atom is -0.311 e. The van der Waals surface area contributed by atoms with Gasteiger partial charge in [-0.05, 0) is 253 Å². The lowest BCUT2D eigenvalue weighted by atomic mass is 9.93. The van der Waals surface area contributed by atoms with E-state index in [1.165, 1.54) is 138 Å². The van der Waals surface area contributed by atoms with E-state index >= 15 is 0 Å². The van der Waals surface area contributed by atoms with Crippen LogP contribution in [-0.4, -0.2) is 9.13 Å². The van der Waals surface area contributed by atoms with Crippen LogP contribution in [0.25, 0.3) is 144 Å². The van der Waals surface area contributed by atoms with Gasteiger partial charge < -0.3 is 18.9 Å². The number of aromatic nitrogens is 2. The van der Waals surface area contributed by atoms with Gasteiger partial charge in [0.05, 0.1) is 22.1 Å². The van der Waals surface area contributed by atoms with Crippen LogP contribution in [0.2, 0.25) is 0 Å². The molecule has 0 unspecified atom stereocenters. The molecule has 0 N–H and O–H groups in total. The average Bonchev–Trinajstić information content (AvgIpc) is 1.58. The van der Waals surface area contributed by atoms with E-state index in [2.05, 4.69) is 480 Å². The molecule has 0 saturated heterocycles. The highest BCUT2D eigenvalue weighted by atomic mass is 15.1. The summed E-state index contributed by atoms with van der Waals surface area (Å²) < 4.78 is 4.74. The summed E-state index contributed by atoms with van der Waals surface area (Å²) in [4.78, 5) is 4.67. The van der Waals surface area contributed by atoms with E-state index < -0.39 is 0 Å². The number of hydrogen-bond acceptors (Lipinski definition) is 2. The predicted molar refractivity (Wildman–Crippen MR) is 474 cm³/mol. The third-order valence-electron chi connectivity index (χ3n) is 21.5. The lowest BCUT2D eigenvalue weighted by Gasteiger charge is -2.26. The molecule has 0 aliphatic heterocycles. The Kier molecular flexibility index (Phi) is 18.4. The maximum Gasteiger partial charge on any atom is 0.0547 e. The van der Waals surface area contributed by atoms with E-state index in [0.29, 0.717) is 0 Å². The van der Waals surface area contributed by atoms with Gasteiger partial charge in [-0.3, -0.25) is 0 Å². The van der Waals surface area contributed by atoms with Crippen LogP contribution in [0, 0.1) is 0 Å². The second-order valence-electron chi connectivity index (χ2n) is 28.4. The number of hydrogen-bond donors (Lipinski definition) is 0. The zero-order valence-electron chi connectivity index (χ0n) is 61.7. The molecule has 0 atom stereocenters. The molecule has 0 amide bonds. The molecule has 0 fully saturated rings. The molecular weight excluding hydrogens is 1350 g/mol. The van der Waals surface area contributed by atoms with Crippen molar-refractivity contribution in [1.82, 2.24) is 9.13 Å². The summed E-state index contributed by atoms with van der Waals surface area (Å²) in [7, 11) is 0. The minimum absolute atomic E-state index is 1.10. The first-order chi connectivity index (χ1) is 55.5. The molecule has 0 spiro atoms. The predicted octanol–water partition coefficient (Wildman–Crippen LogP) is 29.8. The first-order valence-electron chi connectivity index (χ1n) is 38.3. The van der Waals surface area contributed by atoms with Crippen molar-refractivity contribution in [2.75, 3.05) is 9.80 Å². The van der Waals surface area contributed by atoms with Crippen LogP contribution < -0.4 is 9.80 Å². The van der Waals surface area contributed by atoms with Crippen LogP contribution in [0.3, 0.4) is 0 Å². The molecule has 0 bridgehead atoms. The normalized spacial score (nSPS) is 11.2. The van der Waals surface area contributed by atoms with Gasteiger partial charge in [-0.2, -0.15) is 0 Å². The maximum absolute atomic E-state index is 2.38. The van der Waals surface area contributed by atoms with Gasteiger partial charge in [0.15, 0.2) is 0 Å². The zero-order valence-corrected chi connectivity index (χ0v) is 61.7. The Balaban J connectivity index is 0.000000151. The van der Waals surface area contributed by atoms with Gasteiger partial charge >= 0.3 is 0 Å². The average molecular weight is 1430 g/mol. The lowest BCUT2D eigenvalue weighted by Crippen LogP contribution is -2.09. The summed E-state index contributed by atoms with van der Waals surface area (Å²) in [5, 5.41) is 5.03. The quantitative estimate of drug-likeness (QED) is 0.0959. The van der Waals surface area contributed by atoms with Crippen LogP contribution in [0.15, 0.2) is 461 Å². The fourth-order valence-corrected chi connectivity index (χ4v) is 16.1. The molecule has 2 aromatic heterocycles. The second kappa shape index (κ2) is 30.4. The van der Waals surface area contributed by atoms with Crippen molar-refractivity contribution in [1.29, 1.82) is 0 Å². The fourth-order valence-electron chi connectivity index (χ4n) is 16.1. The summed E-state index contributed by atoms with van der Waals surface area (Å²) in [6.45, 7) is 0. The van der Waals surface area contributed by atoms with Crippen molar-refractivity contribution < 1.29 is 0 Å². The van der Waals surface area contributed by atoms with Crippen molar-refractivity contribution in [3.63, 3.8) is 0 Å². The molecule has 2 heterocycles. The number of para-hydroxylation sites is 6. The first-order valence-corrected chi connectivity index (χ1v) is 38.3. The summed E-state index contributed by atoms with van der Waals surface area (Å²) in [5.74, 6) is 0. The maximum atomic E-state index is 2.38. The Morgan fingerprint density at radius 3 is 0.696 bits per heavy atom. The fraction of sp³-hybridized carbons (Fsp3) is 0. The Hall–Kier alpha value is -14.8. The first kappa shape index (κ1) is 67.7. The number of nitrogens with zero attached hydrogens (tertiary/aromatic N) is 4. The molecule has 20 aromatic rings. The molecule has 18 aromatic carbocycles. The Morgan fingerprint density at radius 1 is 0.125 bits per heavy atom. The number of anilines is 6.